The summed E-state index contributed by atoms with van der Waals surface area (Å²) in [7, 11) is 1.61. The lowest BCUT2D eigenvalue weighted by Crippen LogP contribution is -1.80. The maximum absolute atomic E-state index is 9.82. The third kappa shape index (κ3) is 1.15. The zero-order chi connectivity index (χ0) is 11.1. The highest BCUT2D eigenvalue weighted by molar-refractivity contribution is 6.08. The van der Waals surface area contributed by atoms with Crippen LogP contribution in [0, 0.1) is 0 Å². The van der Waals surface area contributed by atoms with Gasteiger partial charge in [-0.15, -0.1) is 0 Å². The highest BCUT2D eigenvalue weighted by Crippen LogP contribution is 2.36. The number of phenolic OH excluding ortho intramolecular Hbond substituents is 1. The molecule has 0 spiro atoms. The molecule has 0 unspecified atom stereocenters. The van der Waals surface area contributed by atoms with Crippen LogP contribution < -0.4 is 4.74 Å². The van der Waals surface area contributed by atoms with Gasteiger partial charge in [-0.3, -0.25) is 0 Å². The van der Waals surface area contributed by atoms with E-state index < -0.39 is 0 Å². The maximum Gasteiger partial charge on any atom is 0.139 e. The molecule has 80 valence electrons. The first kappa shape index (κ1) is 9.09. The molecule has 0 aliphatic carbocycles. The molecular formula is C13H10O3. The summed E-state index contributed by atoms with van der Waals surface area (Å²) in [6.45, 7) is 0. The molecule has 3 heteroatoms. The smallest absolute Gasteiger partial charge is 0.139 e. The van der Waals surface area contributed by atoms with Crippen molar-refractivity contribution in [3.8, 4) is 11.5 Å². The number of phenols is 1. The summed E-state index contributed by atoms with van der Waals surface area (Å²) in [6, 6.07) is 10.8. The zero-order valence-corrected chi connectivity index (χ0v) is 8.73. The summed E-state index contributed by atoms with van der Waals surface area (Å²) in [5.74, 6) is 0.975. The van der Waals surface area contributed by atoms with Gasteiger partial charge in [-0.05, 0) is 30.3 Å². The second-order valence-electron chi connectivity index (χ2n) is 3.61. The van der Waals surface area contributed by atoms with E-state index in [0.717, 1.165) is 22.1 Å². The molecule has 0 radical (unpaired) electrons. The highest BCUT2D eigenvalue weighted by Gasteiger charge is 2.10. The second-order valence-corrected chi connectivity index (χ2v) is 3.61. The largest absolute Gasteiger partial charge is 0.507 e. The fourth-order valence-electron chi connectivity index (χ4n) is 1.91. The van der Waals surface area contributed by atoms with Crippen LogP contribution in [-0.4, -0.2) is 12.2 Å². The van der Waals surface area contributed by atoms with Crippen molar-refractivity contribution in [3.63, 3.8) is 0 Å². The summed E-state index contributed by atoms with van der Waals surface area (Å²) in [6.07, 6.45) is 0. The van der Waals surface area contributed by atoms with Gasteiger partial charge in [0.25, 0.3) is 0 Å². The van der Waals surface area contributed by atoms with Gasteiger partial charge >= 0.3 is 0 Å². The van der Waals surface area contributed by atoms with Crippen LogP contribution in [0.3, 0.4) is 0 Å². The standard InChI is InChI=1S/C13H10O3/c1-15-8-5-6-11-9(7-8)13-10(14)3-2-4-12(13)16-11/h2-7,14H,1H3. The number of ether oxygens (including phenoxy) is 1. The Kier molecular flexibility index (Phi) is 1.80. The summed E-state index contributed by atoms with van der Waals surface area (Å²) in [5, 5.41) is 11.4. The van der Waals surface area contributed by atoms with Gasteiger partial charge in [-0.1, -0.05) is 6.07 Å². The lowest BCUT2D eigenvalue weighted by Gasteiger charge is -1.98. The Labute approximate surface area is 91.9 Å². The van der Waals surface area contributed by atoms with E-state index in [1.807, 2.05) is 24.3 Å². The summed E-state index contributed by atoms with van der Waals surface area (Å²) < 4.78 is 10.8. The van der Waals surface area contributed by atoms with Gasteiger partial charge in [0.2, 0.25) is 0 Å². The number of methoxy groups -OCH3 is 1. The van der Waals surface area contributed by atoms with E-state index >= 15 is 0 Å². The first-order chi connectivity index (χ1) is 7.79. The molecule has 3 nitrogen and oxygen atoms in total. The normalized spacial score (nSPS) is 11.1. The lowest BCUT2D eigenvalue weighted by molar-refractivity contribution is 0.415. The summed E-state index contributed by atoms with van der Waals surface area (Å²) >= 11 is 0. The molecule has 0 saturated heterocycles. The van der Waals surface area contributed by atoms with Crippen molar-refractivity contribution >= 4 is 21.9 Å². The Morgan fingerprint density at radius 1 is 1.12 bits per heavy atom. The van der Waals surface area contributed by atoms with Crippen molar-refractivity contribution in [3.05, 3.63) is 36.4 Å². The molecule has 0 aliphatic rings. The van der Waals surface area contributed by atoms with Gasteiger partial charge < -0.3 is 14.3 Å². The zero-order valence-electron chi connectivity index (χ0n) is 8.73. The topological polar surface area (TPSA) is 42.6 Å². The van der Waals surface area contributed by atoms with Gasteiger partial charge in [0.1, 0.15) is 22.7 Å². The van der Waals surface area contributed by atoms with E-state index in [9.17, 15) is 5.11 Å². The predicted octanol–water partition coefficient (Wildman–Crippen LogP) is 3.30. The Balaban J connectivity index is 2.50. The molecule has 0 aliphatic heterocycles. The van der Waals surface area contributed by atoms with Crippen molar-refractivity contribution < 1.29 is 14.3 Å². The molecule has 0 saturated carbocycles. The van der Waals surface area contributed by atoms with E-state index in [4.69, 9.17) is 9.15 Å². The second kappa shape index (κ2) is 3.17. The molecule has 2 aromatic carbocycles. The SMILES string of the molecule is COc1ccc2oc3cccc(O)c3c2c1. The Morgan fingerprint density at radius 2 is 2.00 bits per heavy atom. The molecular weight excluding hydrogens is 204 g/mol. The first-order valence-electron chi connectivity index (χ1n) is 4.98. The fourth-order valence-corrected chi connectivity index (χ4v) is 1.91. The molecule has 0 amide bonds. The monoisotopic (exact) mass is 214 g/mol. The molecule has 16 heavy (non-hydrogen) atoms. The van der Waals surface area contributed by atoms with Crippen molar-refractivity contribution in [1.82, 2.24) is 0 Å². The fraction of sp³-hybridized carbons (Fsp3) is 0.0769. The van der Waals surface area contributed by atoms with Crippen LogP contribution in [0.4, 0.5) is 0 Å². The van der Waals surface area contributed by atoms with E-state index in [0.29, 0.717) is 5.58 Å². The van der Waals surface area contributed by atoms with Crippen molar-refractivity contribution in [1.29, 1.82) is 0 Å². The molecule has 3 rings (SSSR count). The minimum Gasteiger partial charge on any atom is -0.507 e. The molecule has 0 bridgehead atoms. The van der Waals surface area contributed by atoms with E-state index in [-0.39, 0.29) is 5.75 Å². The predicted molar refractivity (Wildman–Crippen MR) is 61.9 cm³/mol. The van der Waals surface area contributed by atoms with Gasteiger partial charge in [0, 0.05) is 5.39 Å². The molecule has 0 atom stereocenters. The van der Waals surface area contributed by atoms with Crippen LogP contribution >= 0.6 is 0 Å². The summed E-state index contributed by atoms with van der Waals surface area (Å²) in [5.41, 5.74) is 1.43. The Morgan fingerprint density at radius 3 is 2.81 bits per heavy atom. The molecule has 0 fully saturated rings. The number of hydrogen-bond donors (Lipinski definition) is 1. The lowest BCUT2D eigenvalue weighted by atomic mass is 10.1. The number of hydrogen-bond acceptors (Lipinski definition) is 3. The molecule has 3 aromatic rings. The van der Waals surface area contributed by atoms with Crippen LogP contribution in [0.1, 0.15) is 0 Å². The third-order valence-electron chi connectivity index (χ3n) is 2.68. The van der Waals surface area contributed by atoms with Gasteiger partial charge in [-0.2, -0.15) is 0 Å². The first-order valence-corrected chi connectivity index (χ1v) is 4.98. The Hall–Kier alpha value is -2.16. The summed E-state index contributed by atoms with van der Waals surface area (Å²) in [4.78, 5) is 0. The average Bonchev–Trinajstić information content (AvgIpc) is 2.67. The number of furan rings is 1. The van der Waals surface area contributed by atoms with Gasteiger partial charge in [-0.25, -0.2) is 0 Å². The number of fused-ring (bicyclic) bond motifs is 3. The molecule has 1 N–H and O–H groups in total. The maximum atomic E-state index is 9.82. The van der Waals surface area contributed by atoms with Crippen molar-refractivity contribution in [2.45, 2.75) is 0 Å². The molecule has 1 heterocycles. The number of benzene rings is 2. The average molecular weight is 214 g/mol. The minimum absolute atomic E-state index is 0.226. The number of rotatable bonds is 1. The van der Waals surface area contributed by atoms with Crippen molar-refractivity contribution in [2.24, 2.45) is 0 Å². The van der Waals surface area contributed by atoms with Crippen LogP contribution in [-0.2, 0) is 0 Å². The van der Waals surface area contributed by atoms with Crippen LogP contribution in [0.25, 0.3) is 21.9 Å². The van der Waals surface area contributed by atoms with Gasteiger partial charge in [0.05, 0.1) is 12.5 Å². The minimum atomic E-state index is 0.226. The van der Waals surface area contributed by atoms with E-state index in [2.05, 4.69) is 0 Å². The van der Waals surface area contributed by atoms with Crippen LogP contribution in [0.15, 0.2) is 40.8 Å². The third-order valence-corrected chi connectivity index (χ3v) is 2.68. The van der Waals surface area contributed by atoms with Crippen LogP contribution in [0.5, 0.6) is 11.5 Å². The Bertz CT molecular complexity index is 667. The van der Waals surface area contributed by atoms with Gasteiger partial charge in [0.15, 0.2) is 0 Å². The quantitative estimate of drug-likeness (QED) is 0.675. The van der Waals surface area contributed by atoms with Crippen LogP contribution in [0.2, 0.25) is 0 Å². The van der Waals surface area contributed by atoms with E-state index in [1.54, 1.807) is 19.2 Å². The van der Waals surface area contributed by atoms with E-state index in [1.165, 1.54) is 0 Å². The molecule has 1 aromatic heterocycles. The number of aromatic hydroxyl groups is 1. The highest BCUT2D eigenvalue weighted by atomic mass is 16.5. The van der Waals surface area contributed by atoms with Crippen molar-refractivity contribution in [2.75, 3.05) is 7.11 Å².